The van der Waals surface area contributed by atoms with E-state index in [1.807, 2.05) is 13.8 Å². The molecule has 0 saturated carbocycles. The zero-order valence-electron chi connectivity index (χ0n) is 14.1. The predicted molar refractivity (Wildman–Crippen MR) is 97.7 cm³/mol. The van der Waals surface area contributed by atoms with Crippen LogP contribution in [0.1, 0.15) is 16.7 Å². The Morgan fingerprint density at radius 3 is 2.31 bits per heavy atom. The molecule has 1 unspecified atom stereocenters. The second-order valence-corrected chi connectivity index (χ2v) is 6.56. The van der Waals surface area contributed by atoms with Gasteiger partial charge in [-0.2, -0.15) is 13.2 Å². The zero-order valence-corrected chi connectivity index (χ0v) is 15.6. The Bertz CT molecular complexity index is 759. The standard InChI is InChI=1S/C18H18Cl2F3NO2/c1-10-5-14(6-11(2)17(10)20)26-16-4-3-12(18(21,22)23)7-15(16)24-9-13(25)8-19/h3-7,13,24-25H,8-9H2,1-2H3. The number of halogens is 5. The molecular formula is C18H18Cl2F3NO2. The molecular weight excluding hydrogens is 390 g/mol. The summed E-state index contributed by atoms with van der Waals surface area (Å²) in [4.78, 5) is 0. The molecule has 0 radical (unpaired) electrons. The first-order valence-electron chi connectivity index (χ1n) is 7.75. The lowest BCUT2D eigenvalue weighted by Crippen LogP contribution is -2.21. The van der Waals surface area contributed by atoms with E-state index in [1.165, 1.54) is 6.07 Å². The van der Waals surface area contributed by atoms with Crippen molar-refractivity contribution in [1.82, 2.24) is 0 Å². The number of nitrogens with one attached hydrogen (secondary N) is 1. The fourth-order valence-corrected chi connectivity index (χ4v) is 2.53. The van der Waals surface area contributed by atoms with Gasteiger partial charge in [0.25, 0.3) is 0 Å². The summed E-state index contributed by atoms with van der Waals surface area (Å²) >= 11 is 11.6. The van der Waals surface area contributed by atoms with Crippen LogP contribution in [0.15, 0.2) is 30.3 Å². The SMILES string of the molecule is Cc1cc(Oc2ccc(C(F)(F)F)cc2NCC(O)CCl)cc(C)c1Cl. The molecule has 3 nitrogen and oxygen atoms in total. The van der Waals surface area contributed by atoms with E-state index in [0.717, 1.165) is 23.3 Å². The maximum Gasteiger partial charge on any atom is 0.416 e. The van der Waals surface area contributed by atoms with Gasteiger partial charge in [-0.05, 0) is 55.3 Å². The molecule has 0 aromatic heterocycles. The van der Waals surface area contributed by atoms with E-state index in [0.29, 0.717) is 10.8 Å². The summed E-state index contributed by atoms with van der Waals surface area (Å²) in [7, 11) is 0. The number of benzene rings is 2. The highest BCUT2D eigenvalue weighted by Gasteiger charge is 2.31. The molecule has 2 rings (SSSR count). The Morgan fingerprint density at radius 1 is 1.15 bits per heavy atom. The second-order valence-electron chi connectivity index (χ2n) is 5.87. The van der Waals surface area contributed by atoms with Gasteiger partial charge in [0.1, 0.15) is 5.75 Å². The lowest BCUT2D eigenvalue weighted by molar-refractivity contribution is -0.137. The number of hydrogen-bond acceptors (Lipinski definition) is 3. The number of hydrogen-bond donors (Lipinski definition) is 2. The molecule has 1 atom stereocenters. The van der Waals surface area contributed by atoms with Crippen LogP contribution in [-0.2, 0) is 6.18 Å². The average molecular weight is 408 g/mol. The van der Waals surface area contributed by atoms with Gasteiger partial charge in [0.15, 0.2) is 5.75 Å². The normalized spacial score (nSPS) is 12.8. The second kappa shape index (κ2) is 8.37. The van der Waals surface area contributed by atoms with Gasteiger partial charge in [0.2, 0.25) is 0 Å². The fourth-order valence-electron chi connectivity index (χ4n) is 2.31. The quantitative estimate of drug-likeness (QED) is 0.596. The van der Waals surface area contributed by atoms with Gasteiger partial charge in [-0.15, -0.1) is 11.6 Å². The van der Waals surface area contributed by atoms with Gasteiger partial charge in [-0.3, -0.25) is 0 Å². The summed E-state index contributed by atoms with van der Waals surface area (Å²) in [5.74, 6) is 0.601. The Balaban J connectivity index is 2.36. The molecule has 0 spiro atoms. The van der Waals surface area contributed by atoms with E-state index < -0.39 is 17.8 Å². The van der Waals surface area contributed by atoms with Crippen molar-refractivity contribution in [2.24, 2.45) is 0 Å². The Hall–Kier alpha value is -1.63. The predicted octanol–water partition coefficient (Wildman–Crippen LogP) is 5.78. The number of rotatable bonds is 6. The van der Waals surface area contributed by atoms with E-state index in [1.54, 1.807) is 12.1 Å². The molecule has 8 heteroatoms. The minimum Gasteiger partial charge on any atom is -0.455 e. The third kappa shape index (κ3) is 5.19. The van der Waals surface area contributed by atoms with Crippen molar-refractivity contribution < 1.29 is 23.0 Å². The van der Waals surface area contributed by atoms with Crippen LogP contribution >= 0.6 is 23.2 Å². The van der Waals surface area contributed by atoms with E-state index in [2.05, 4.69) is 5.32 Å². The van der Waals surface area contributed by atoms with Gasteiger partial charge in [0.05, 0.1) is 23.2 Å². The number of anilines is 1. The molecule has 0 fully saturated rings. The first kappa shape index (κ1) is 20.7. The summed E-state index contributed by atoms with van der Waals surface area (Å²) in [5.41, 5.74) is 0.867. The van der Waals surface area contributed by atoms with Crippen molar-refractivity contribution in [2.45, 2.75) is 26.1 Å². The van der Waals surface area contributed by atoms with Crippen LogP contribution in [-0.4, -0.2) is 23.6 Å². The summed E-state index contributed by atoms with van der Waals surface area (Å²) in [6.07, 6.45) is -5.40. The largest absolute Gasteiger partial charge is 0.455 e. The van der Waals surface area contributed by atoms with Crippen molar-refractivity contribution in [3.63, 3.8) is 0 Å². The highest BCUT2D eigenvalue weighted by molar-refractivity contribution is 6.32. The number of ether oxygens (including phenoxy) is 1. The van der Waals surface area contributed by atoms with Crippen molar-refractivity contribution in [3.8, 4) is 11.5 Å². The van der Waals surface area contributed by atoms with Crippen LogP contribution in [0.25, 0.3) is 0 Å². The molecule has 0 heterocycles. The first-order valence-corrected chi connectivity index (χ1v) is 8.66. The van der Waals surface area contributed by atoms with Gasteiger partial charge in [-0.1, -0.05) is 11.6 Å². The molecule has 0 aliphatic rings. The van der Waals surface area contributed by atoms with Crippen LogP contribution < -0.4 is 10.1 Å². The van der Waals surface area contributed by atoms with Gasteiger partial charge in [-0.25, -0.2) is 0 Å². The van der Waals surface area contributed by atoms with Crippen molar-refractivity contribution in [3.05, 3.63) is 52.0 Å². The van der Waals surface area contributed by atoms with Gasteiger partial charge < -0.3 is 15.2 Å². The molecule has 26 heavy (non-hydrogen) atoms. The van der Waals surface area contributed by atoms with Crippen LogP contribution in [0.4, 0.5) is 18.9 Å². The maximum atomic E-state index is 13.0. The van der Waals surface area contributed by atoms with Crippen LogP contribution in [0.3, 0.4) is 0 Å². The Morgan fingerprint density at radius 2 is 1.77 bits per heavy atom. The molecule has 0 aliphatic carbocycles. The van der Waals surface area contributed by atoms with Crippen molar-refractivity contribution in [2.75, 3.05) is 17.7 Å². The first-order chi connectivity index (χ1) is 12.1. The Labute approximate surface area is 159 Å². The van der Waals surface area contributed by atoms with Gasteiger partial charge >= 0.3 is 6.18 Å². The Kier molecular flexibility index (Phi) is 6.66. The van der Waals surface area contributed by atoms with Crippen LogP contribution in [0, 0.1) is 13.8 Å². The van der Waals surface area contributed by atoms with Gasteiger partial charge in [0, 0.05) is 11.6 Å². The molecule has 0 aliphatic heterocycles. The van der Waals surface area contributed by atoms with Crippen molar-refractivity contribution >= 4 is 28.9 Å². The number of aryl methyl sites for hydroxylation is 2. The minimum absolute atomic E-state index is 0.0140. The summed E-state index contributed by atoms with van der Waals surface area (Å²) in [6, 6.07) is 6.51. The molecule has 0 saturated heterocycles. The summed E-state index contributed by atoms with van der Waals surface area (Å²) in [5, 5.41) is 12.9. The lowest BCUT2D eigenvalue weighted by atomic mass is 10.1. The molecule has 2 aromatic carbocycles. The van der Waals surface area contributed by atoms with Crippen molar-refractivity contribution in [1.29, 1.82) is 0 Å². The van der Waals surface area contributed by atoms with Crippen LogP contribution in [0.5, 0.6) is 11.5 Å². The lowest BCUT2D eigenvalue weighted by Gasteiger charge is -2.17. The smallest absolute Gasteiger partial charge is 0.416 e. The highest BCUT2D eigenvalue weighted by Crippen LogP contribution is 2.37. The maximum absolute atomic E-state index is 13.0. The summed E-state index contributed by atoms with van der Waals surface area (Å²) < 4.78 is 44.7. The van der Waals surface area contributed by atoms with E-state index >= 15 is 0 Å². The molecule has 142 valence electrons. The number of alkyl halides is 4. The monoisotopic (exact) mass is 407 g/mol. The molecule has 2 aromatic rings. The molecule has 2 N–H and O–H groups in total. The van der Waals surface area contributed by atoms with E-state index in [9.17, 15) is 18.3 Å². The third-order valence-corrected chi connectivity index (χ3v) is 4.60. The molecule has 0 amide bonds. The minimum atomic E-state index is -4.49. The number of aliphatic hydroxyl groups excluding tert-OH is 1. The summed E-state index contributed by atoms with van der Waals surface area (Å²) in [6.45, 7) is 3.61. The topological polar surface area (TPSA) is 41.5 Å². The average Bonchev–Trinajstić information content (AvgIpc) is 2.57. The van der Waals surface area contributed by atoms with E-state index in [4.69, 9.17) is 27.9 Å². The molecule has 0 bridgehead atoms. The fraction of sp³-hybridized carbons (Fsp3) is 0.333. The van der Waals surface area contributed by atoms with E-state index in [-0.39, 0.29) is 23.9 Å². The number of aliphatic hydroxyl groups is 1. The van der Waals surface area contributed by atoms with Crippen LogP contribution in [0.2, 0.25) is 5.02 Å². The highest BCUT2D eigenvalue weighted by atomic mass is 35.5. The third-order valence-electron chi connectivity index (χ3n) is 3.65. The zero-order chi connectivity index (χ0) is 19.5.